The van der Waals surface area contributed by atoms with Crippen LogP contribution >= 0.6 is 0 Å². The van der Waals surface area contributed by atoms with Gasteiger partial charge in [-0.05, 0) is 26.3 Å². The quantitative estimate of drug-likeness (QED) is 0.521. The second kappa shape index (κ2) is 6.29. The average Bonchev–Trinajstić information content (AvgIpc) is 2.76. The first-order valence-electron chi connectivity index (χ1n) is 6.82. The zero-order chi connectivity index (χ0) is 13.0. The van der Waals surface area contributed by atoms with Crippen molar-refractivity contribution in [2.24, 2.45) is 0 Å². The average molecular weight is 254 g/mol. The minimum atomic E-state index is -0.401. The maximum absolute atomic E-state index is 11.7. The van der Waals surface area contributed by atoms with E-state index in [2.05, 4.69) is 9.80 Å². The van der Waals surface area contributed by atoms with Gasteiger partial charge < -0.3 is 4.74 Å². The maximum atomic E-state index is 11.7. The number of esters is 1. The number of carbonyl (C=O) groups is 2. The largest absolute Gasteiger partial charge is 0.466 e. The van der Waals surface area contributed by atoms with Crippen molar-refractivity contribution < 1.29 is 14.3 Å². The Morgan fingerprint density at radius 1 is 1.28 bits per heavy atom. The maximum Gasteiger partial charge on any atom is 0.313 e. The van der Waals surface area contributed by atoms with Crippen LogP contribution in [0.25, 0.3) is 0 Å². The molecule has 0 radical (unpaired) electrons. The Balaban J connectivity index is 1.72. The van der Waals surface area contributed by atoms with Crippen molar-refractivity contribution in [3.8, 4) is 0 Å². The molecule has 0 aromatic heterocycles. The second-order valence-electron chi connectivity index (χ2n) is 5.09. The van der Waals surface area contributed by atoms with Gasteiger partial charge in [0, 0.05) is 25.7 Å². The number of hydrogen-bond donors (Lipinski definition) is 0. The third-order valence-electron chi connectivity index (χ3n) is 3.72. The van der Waals surface area contributed by atoms with E-state index in [-0.39, 0.29) is 12.2 Å². The van der Waals surface area contributed by atoms with Crippen LogP contribution in [0.5, 0.6) is 0 Å². The molecule has 5 heteroatoms. The van der Waals surface area contributed by atoms with Crippen molar-refractivity contribution >= 4 is 11.8 Å². The molecule has 5 nitrogen and oxygen atoms in total. The van der Waals surface area contributed by atoms with Gasteiger partial charge in [0.2, 0.25) is 0 Å². The minimum absolute atomic E-state index is 0.0279. The highest BCUT2D eigenvalue weighted by Crippen LogP contribution is 2.21. The Bertz CT molecular complexity index is 319. The molecule has 2 fully saturated rings. The van der Waals surface area contributed by atoms with Crippen LogP contribution in [0, 0.1) is 0 Å². The highest BCUT2D eigenvalue weighted by Gasteiger charge is 2.31. The topological polar surface area (TPSA) is 49.9 Å². The van der Waals surface area contributed by atoms with E-state index in [1.54, 1.807) is 6.92 Å². The van der Waals surface area contributed by atoms with Crippen LogP contribution in [-0.2, 0) is 14.3 Å². The van der Waals surface area contributed by atoms with Crippen LogP contribution in [0.4, 0.5) is 0 Å². The van der Waals surface area contributed by atoms with Crippen molar-refractivity contribution in [2.75, 3.05) is 39.3 Å². The summed E-state index contributed by atoms with van der Waals surface area (Å²) in [5.41, 5.74) is 0. The molecule has 2 heterocycles. The Kier molecular flexibility index (Phi) is 4.72. The predicted octanol–water partition coefficient (Wildman–Crippen LogP) is 0.289. The zero-order valence-corrected chi connectivity index (χ0v) is 11.1. The molecule has 2 saturated heterocycles. The Morgan fingerprint density at radius 3 is 2.89 bits per heavy atom. The van der Waals surface area contributed by atoms with Crippen LogP contribution in [-0.4, -0.2) is 66.9 Å². The zero-order valence-electron chi connectivity index (χ0n) is 11.1. The molecule has 0 aromatic rings. The lowest BCUT2D eigenvalue weighted by molar-refractivity contribution is -0.145. The van der Waals surface area contributed by atoms with Crippen molar-refractivity contribution in [3.63, 3.8) is 0 Å². The summed E-state index contributed by atoms with van der Waals surface area (Å²) in [6, 6.07) is 0.620. The molecule has 2 aliphatic rings. The van der Waals surface area contributed by atoms with E-state index in [0.717, 1.165) is 19.6 Å². The van der Waals surface area contributed by atoms with Gasteiger partial charge in [-0.15, -0.1) is 0 Å². The number of nitrogens with zero attached hydrogens (tertiary/aromatic N) is 2. The van der Waals surface area contributed by atoms with E-state index in [0.29, 0.717) is 19.2 Å². The van der Waals surface area contributed by atoms with Gasteiger partial charge in [0.1, 0.15) is 6.42 Å². The molecule has 0 N–H and O–H groups in total. The lowest BCUT2D eigenvalue weighted by Crippen LogP contribution is -2.51. The lowest BCUT2D eigenvalue weighted by atomic mass is 10.1. The summed E-state index contributed by atoms with van der Waals surface area (Å²) in [7, 11) is 0. The molecular formula is C13H22N2O3. The summed E-state index contributed by atoms with van der Waals surface area (Å²) in [6.07, 6.45) is 2.43. The summed E-state index contributed by atoms with van der Waals surface area (Å²) in [5, 5.41) is 0. The van der Waals surface area contributed by atoms with Gasteiger partial charge in [0.15, 0.2) is 5.78 Å². The molecule has 0 aromatic carbocycles. The molecule has 2 rings (SSSR count). The summed E-state index contributed by atoms with van der Waals surface area (Å²) < 4.78 is 4.78. The minimum Gasteiger partial charge on any atom is -0.466 e. The number of ketones is 1. The Labute approximate surface area is 108 Å². The number of hydrogen-bond acceptors (Lipinski definition) is 5. The third kappa shape index (κ3) is 3.53. The van der Waals surface area contributed by atoms with Crippen LogP contribution in [0.1, 0.15) is 26.2 Å². The number of ether oxygens (including phenoxy) is 1. The van der Waals surface area contributed by atoms with E-state index < -0.39 is 5.97 Å². The van der Waals surface area contributed by atoms with Gasteiger partial charge in [-0.2, -0.15) is 0 Å². The van der Waals surface area contributed by atoms with E-state index in [1.165, 1.54) is 19.4 Å². The number of Topliss-reactive ketones (excluding diaryl/α,β-unsaturated/α-hetero) is 1. The van der Waals surface area contributed by atoms with Crippen LogP contribution in [0.3, 0.4) is 0 Å². The van der Waals surface area contributed by atoms with Crippen LogP contribution in [0.15, 0.2) is 0 Å². The summed E-state index contributed by atoms with van der Waals surface area (Å²) >= 11 is 0. The molecule has 1 atom stereocenters. The fraction of sp³-hybridized carbons (Fsp3) is 0.846. The summed E-state index contributed by atoms with van der Waals surface area (Å²) in [4.78, 5) is 27.6. The fourth-order valence-electron chi connectivity index (χ4n) is 2.88. The van der Waals surface area contributed by atoms with E-state index in [4.69, 9.17) is 4.74 Å². The van der Waals surface area contributed by atoms with Gasteiger partial charge in [-0.1, -0.05) is 0 Å². The monoisotopic (exact) mass is 254 g/mol. The van der Waals surface area contributed by atoms with Crippen molar-refractivity contribution in [3.05, 3.63) is 0 Å². The summed E-state index contributed by atoms with van der Waals surface area (Å²) in [5.74, 6) is -0.429. The molecule has 0 spiro atoms. The highest BCUT2D eigenvalue weighted by molar-refractivity contribution is 5.96. The number of rotatable bonds is 5. The third-order valence-corrected chi connectivity index (χ3v) is 3.72. The van der Waals surface area contributed by atoms with Gasteiger partial charge in [0.25, 0.3) is 0 Å². The van der Waals surface area contributed by atoms with Gasteiger partial charge >= 0.3 is 5.97 Å². The molecule has 1 unspecified atom stereocenters. The van der Waals surface area contributed by atoms with Crippen LogP contribution < -0.4 is 0 Å². The summed E-state index contributed by atoms with van der Waals surface area (Å²) in [6.45, 7) is 6.64. The first-order valence-corrected chi connectivity index (χ1v) is 6.82. The second-order valence-corrected chi connectivity index (χ2v) is 5.09. The smallest absolute Gasteiger partial charge is 0.313 e. The molecule has 102 valence electrons. The molecule has 0 bridgehead atoms. The molecule has 18 heavy (non-hydrogen) atoms. The molecular weight excluding hydrogens is 232 g/mol. The van der Waals surface area contributed by atoms with E-state index in [9.17, 15) is 9.59 Å². The Hall–Kier alpha value is -0.940. The first-order chi connectivity index (χ1) is 8.69. The van der Waals surface area contributed by atoms with E-state index in [1.807, 2.05) is 0 Å². The first kappa shape index (κ1) is 13.5. The van der Waals surface area contributed by atoms with Gasteiger partial charge in [-0.3, -0.25) is 19.4 Å². The number of piperazine rings is 1. The highest BCUT2D eigenvalue weighted by atomic mass is 16.5. The molecule has 2 aliphatic heterocycles. The van der Waals surface area contributed by atoms with E-state index >= 15 is 0 Å². The fourth-order valence-corrected chi connectivity index (χ4v) is 2.88. The van der Waals surface area contributed by atoms with Gasteiger partial charge in [0.05, 0.1) is 13.2 Å². The predicted molar refractivity (Wildman–Crippen MR) is 67.3 cm³/mol. The normalized spacial score (nSPS) is 24.8. The van der Waals surface area contributed by atoms with Crippen molar-refractivity contribution in [1.29, 1.82) is 0 Å². The Morgan fingerprint density at radius 2 is 2.11 bits per heavy atom. The van der Waals surface area contributed by atoms with Gasteiger partial charge in [-0.25, -0.2) is 0 Å². The van der Waals surface area contributed by atoms with Crippen LogP contribution in [0.2, 0.25) is 0 Å². The van der Waals surface area contributed by atoms with Crippen molar-refractivity contribution in [1.82, 2.24) is 9.80 Å². The van der Waals surface area contributed by atoms with Crippen molar-refractivity contribution in [2.45, 2.75) is 32.2 Å². The number of fused-ring (bicyclic) bond motifs is 1. The molecule has 0 amide bonds. The molecule has 0 saturated carbocycles. The lowest BCUT2D eigenvalue weighted by Gasteiger charge is -2.37. The molecule has 0 aliphatic carbocycles. The standard InChI is InChI=1S/C13H22N2O3/c1-2-18-13(17)8-12(16)10-14-6-7-15-5-3-4-11(15)9-14/h11H,2-10H2,1H3. The number of carbonyl (C=O) groups excluding carboxylic acids is 2. The SMILES string of the molecule is CCOC(=O)CC(=O)CN1CCN2CCCC2C1.